The molecule has 1 aromatic carbocycles. The summed E-state index contributed by atoms with van der Waals surface area (Å²) in [5.41, 5.74) is -0.591. The highest BCUT2D eigenvalue weighted by Gasteiger charge is 2.25. The topological polar surface area (TPSA) is 88.5 Å². The third kappa shape index (κ3) is 3.81. The van der Waals surface area contributed by atoms with Crippen LogP contribution in [0.5, 0.6) is 0 Å². The van der Waals surface area contributed by atoms with Gasteiger partial charge in [-0.2, -0.15) is 0 Å². The fourth-order valence-electron chi connectivity index (χ4n) is 1.92. The first kappa shape index (κ1) is 15.5. The monoisotopic (exact) mass is 310 g/mol. The zero-order chi connectivity index (χ0) is 15.5. The summed E-state index contributed by atoms with van der Waals surface area (Å²) in [6.07, 6.45) is 1.49. The minimum absolute atomic E-state index is 0.0194. The number of rotatable bonds is 6. The number of nitrogens with zero attached hydrogens (tertiary/aromatic N) is 1. The van der Waals surface area contributed by atoms with Gasteiger partial charge < -0.3 is 14.8 Å². The molecule has 0 spiro atoms. The van der Waals surface area contributed by atoms with Gasteiger partial charge in [0.1, 0.15) is 11.4 Å². The van der Waals surface area contributed by atoms with Gasteiger partial charge in [-0.05, 0) is 30.7 Å². The standard InChI is InChI=1S/C14H15ClN2O4/c1-14(18,13-3-2-6-21-13)9-16-8-10-7-11(17(19)20)4-5-12(10)15/h2-7,16,18H,8-9H2,1H3. The third-order valence-corrected chi connectivity index (χ3v) is 3.45. The first-order chi connectivity index (χ1) is 9.90. The van der Waals surface area contributed by atoms with Gasteiger partial charge in [0.25, 0.3) is 5.69 Å². The van der Waals surface area contributed by atoms with E-state index in [9.17, 15) is 15.2 Å². The highest BCUT2D eigenvalue weighted by Crippen LogP contribution is 2.23. The molecule has 0 radical (unpaired) electrons. The summed E-state index contributed by atoms with van der Waals surface area (Å²) in [7, 11) is 0. The van der Waals surface area contributed by atoms with Crippen LogP contribution in [0.3, 0.4) is 0 Å². The van der Waals surface area contributed by atoms with Crippen molar-refractivity contribution in [1.82, 2.24) is 5.32 Å². The molecular formula is C14H15ClN2O4. The Kier molecular flexibility index (Phi) is 4.62. The number of hydrogen-bond acceptors (Lipinski definition) is 5. The lowest BCUT2D eigenvalue weighted by Crippen LogP contribution is -2.34. The summed E-state index contributed by atoms with van der Waals surface area (Å²) in [5.74, 6) is 0.445. The van der Waals surface area contributed by atoms with E-state index in [1.54, 1.807) is 19.1 Å². The van der Waals surface area contributed by atoms with E-state index in [-0.39, 0.29) is 12.2 Å². The Hall–Kier alpha value is -1.89. The molecule has 1 heterocycles. The SMILES string of the molecule is CC(O)(CNCc1cc([N+](=O)[O-])ccc1Cl)c1ccco1. The van der Waals surface area contributed by atoms with Gasteiger partial charge in [0, 0.05) is 30.2 Å². The van der Waals surface area contributed by atoms with Gasteiger partial charge in [0.05, 0.1) is 11.2 Å². The van der Waals surface area contributed by atoms with Crippen LogP contribution in [0.15, 0.2) is 41.0 Å². The van der Waals surface area contributed by atoms with Crippen molar-refractivity contribution in [3.8, 4) is 0 Å². The van der Waals surface area contributed by atoms with Gasteiger partial charge in [0.2, 0.25) is 0 Å². The number of hydrogen-bond donors (Lipinski definition) is 2. The van der Waals surface area contributed by atoms with E-state index in [4.69, 9.17) is 16.0 Å². The molecule has 1 aromatic heterocycles. The molecule has 0 bridgehead atoms. The van der Waals surface area contributed by atoms with E-state index in [1.165, 1.54) is 24.5 Å². The second-order valence-electron chi connectivity index (χ2n) is 4.89. The number of non-ortho nitro benzene ring substituents is 1. The molecule has 2 aromatic rings. The molecule has 2 N–H and O–H groups in total. The minimum atomic E-state index is -1.17. The fourth-order valence-corrected chi connectivity index (χ4v) is 2.11. The molecule has 1 unspecified atom stereocenters. The van der Waals surface area contributed by atoms with Crippen LogP contribution in [0.2, 0.25) is 5.02 Å². The van der Waals surface area contributed by atoms with Crippen molar-refractivity contribution < 1.29 is 14.4 Å². The smallest absolute Gasteiger partial charge is 0.269 e. The van der Waals surface area contributed by atoms with Crippen LogP contribution in [0, 0.1) is 10.1 Å². The van der Waals surface area contributed by atoms with E-state index in [1.807, 2.05) is 0 Å². The van der Waals surface area contributed by atoms with E-state index in [0.29, 0.717) is 22.9 Å². The molecule has 7 heteroatoms. The molecule has 2 rings (SSSR count). The van der Waals surface area contributed by atoms with Crippen LogP contribution in [0.25, 0.3) is 0 Å². The summed E-state index contributed by atoms with van der Waals surface area (Å²) >= 11 is 6.01. The van der Waals surface area contributed by atoms with Crippen LogP contribution in [0.4, 0.5) is 5.69 Å². The molecule has 6 nitrogen and oxygen atoms in total. The van der Waals surface area contributed by atoms with Crippen molar-refractivity contribution in [2.45, 2.75) is 19.1 Å². The van der Waals surface area contributed by atoms with E-state index < -0.39 is 10.5 Å². The normalized spacial score (nSPS) is 13.9. The maximum Gasteiger partial charge on any atom is 0.269 e. The lowest BCUT2D eigenvalue weighted by Gasteiger charge is -2.21. The van der Waals surface area contributed by atoms with Gasteiger partial charge in [-0.15, -0.1) is 0 Å². The van der Waals surface area contributed by atoms with Crippen molar-refractivity contribution in [2.24, 2.45) is 0 Å². The fraction of sp³-hybridized carbons (Fsp3) is 0.286. The van der Waals surface area contributed by atoms with Gasteiger partial charge in [-0.25, -0.2) is 0 Å². The summed E-state index contributed by atoms with van der Waals surface area (Å²) in [6, 6.07) is 7.63. The molecule has 0 amide bonds. The van der Waals surface area contributed by atoms with Gasteiger partial charge >= 0.3 is 0 Å². The summed E-state index contributed by atoms with van der Waals surface area (Å²) in [5, 5.41) is 24.5. The van der Waals surface area contributed by atoms with Crippen molar-refractivity contribution >= 4 is 17.3 Å². The Balaban J connectivity index is 2.00. The largest absolute Gasteiger partial charge is 0.466 e. The number of halogens is 1. The molecule has 0 saturated heterocycles. The Labute approximate surface area is 126 Å². The van der Waals surface area contributed by atoms with E-state index in [2.05, 4.69) is 5.32 Å². The summed E-state index contributed by atoms with van der Waals surface area (Å²) in [4.78, 5) is 10.3. The van der Waals surface area contributed by atoms with Crippen LogP contribution in [-0.4, -0.2) is 16.6 Å². The minimum Gasteiger partial charge on any atom is -0.466 e. The zero-order valence-electron chi connectivity index (χ0n) is 11.4. The second-order valence-corrected chi connectivity index (χ2v) is 5.29. The van der Waals surface area contributed by atoms with Gasteiger partial charge in [-0.3, -0.25) is 10.1 Å². The number of aliphatic hydroxyl groups is 1. The van der Waals surface area contributed by atoms with Gasteiger partial charge in [0.15, 0.2) is 0 Å². The van der Waals surface area contributed by atoms with Crippen LogP contribution < -0.4 is 5.32 Å². The molecular weight excluding hydrogens is 296 g/mol. The number of furan rings is 1. The molecule has 0 aliphatic carbocycles. The number of nitro benzene ring substituents is 1. The Morgan fingerprint density at radius 1 is 1.48 bits per heavy atom. The number of nitro groups is 1. The van der Waals surface area contributed by atoms with Crippen molar-refractivity contribution in [3.63, 3.8) is 0 Å². The maximum atomic E-state index is 10.7. The van der Waals surface area contributed by atoms with Crippen molar-refractivity contribution in [1.29, 1.82) is 0 Å². The first-order valence-electron chi connectivity index (χ1n) is 6.30. The predicted molar refractivity (Wildman–Crippen MR) is 78.1 cm³/mol. The quantitative estimate of drug-likeness (QED) is 0.632. The van der Waals surface area contributed by atoms with E-state index in [0.717, 1.165) is 0 Å². The second kappa shape index (κ2) is 6.26. The predicted octanol–water partition coefficient (Wildman–Crippen LogP) is 2.84. The van der Waals surface area contributed by atoms with Crippen LogP contribution in [-0.2, 0) is 12.1 Å². The lowest BCUT2D eigenvalue weighted by atomic mass is 10.0. The van der Waals surface area contributed by atoms with Crippen molar-refractivity contribution in [3.05, 3.63) is 63.1 Å². The van der Waals surface area contributed by atoms with Crippen LogP contribution in [0.1, 0.15) is 18.2 Å². The first-order valence-corrected chi connectivity index (χ1v) is 6.68. The Morgan fingerprint density at radius 2 is 2.24 bits per heavy atom. The molecule has 21 heavy (non-hydrogen) atoms. The molecule has 112 valence electrons. The third-order valence-electron chi connectivity index (χ3n) is 3.08. The van der Waals surface area contributed by atoms with Crippen molar-refractivity contribution in [2.75, 3.05) is 6.54 Å². The van der Waals surface area contributed by atoms with Crippen LogP contribution >= 0.6 is 11.6 Å². The molecule has 0 saturated carbocycles. The van der Waals surface area contributed by atoms with Gasteiger partial charge in [-0.1, -0.05) is 11.6 Å². The summed E-state index contributed by atoms with van der Waals surface area (Å²) in [6.45, 7) is 2.14. The highest BCUT2D eigenvalue weighted by atomic mass is 35.5. The molecule has 0 aliphatic heterocycles. The summed E-state index contributed by atoms with van der Waals surface area (Å²) < 4.78 is 5.17. The highest BCUT2D eigenvalue weighted by molar-refractivity contribution is 6.31. The molecule has 0 aliphatic rings. The number of benzene rings is 1. The Morgan fingerprint density at radius 3 is 2.86 bits per heavy atom. The molecule has 0 fully saturated rings. The molecule has 1 atom stereocenters. The maximum absolute atomic E-state index is 10.7. The average molecular weight is 311 g/mol. The zero-order valence-corrected chi connectivity index (χ0v) is 12.1. The number of nitrogens with one attached hydrogen (secondary N) is 1. The lowest BCUT2D eigenvalue weighted by molar-refractivity contribution is -0.384. The van der Waals surface area contributed by atoms with E-state index >= 15 is 0 Å². The average Bonchev–Trinajstić information content (AvgIpc) is 2.95. The Bertz CT molecular complexity index is 626.